The number of rotatable bonds is 8. The lowest BCUT2D eigenvalue weighted by Crippen LogP contribution is -2.42. The zero-order valence-corrected chi connectivity index (χ0v) is 15.1. The molecular weight excluding hydrogens is 330 g/mol. The van der Waals surface area contributed by atoms with E-state index in [-0.39, 0.29) is 12.5 Å². The Bertz CT molecular complexity index is 717. The maximum absolute atomic E-state index is 11.9. The Morgan fingerprint density at radius 1 is 0.923 bits per heavy atom. The van der Waals surface area contributed by atoms with Gasteiger partial charge < -0.3 is 20.7 Å². The van der Waals surface area contributed by atoms with Crippen LogP contribution >= 0.6 is 0 Å². The molecule has 0 saturated carbocycles. The van der Waals surface area contributed by atoms with Crippen LogP contribution in [0.5, 0.6) is 11.5 Å². The standard InChI is InChI=1S/C20H25N3O3/c1-15(2)12-21-19(24)14-23-20(25)22-13-16-8-6-7-11-18(16)26-17-9-4-3-5-10-17/h3-11,15H,12-14H2,1-2H3,(H,21,24)(H2,22,23,25). The first-order valence-electron chi connectivity index (χ1n) is 8.64. The van der Waals surface area contributed by atoms with Crippen molar-refractivity contribution in [1.82, 2.24) is 16.0 Å². The van der Waals surface area contributed by atoms with E-state index >= 15 is 0 Å². The van der Waals surface area contributed by atoms with Gasteiger partial charge >= 0.3 is 6.03 Å². The van der Waals surface area contributed by atoms with Gasteiger partial charge in [0, 0.05) is 18.7 Å². The summed E-state index contributed by atoms with van der Waals surface area (Å²) >= 11 is 0. The smallest absolute Gasteiger partial charge is 0.315 e. The largest absolute Gasteiger partial charge is 0.457 e. The minimum Gasteiger partial charge on any atom is -0.457 e. The normalized spacial score (nSPS) is 10.3. The average molecular weight is 355 g/mol. The predicted molar refractivity (Wildman–Crippen MR) is 101 cm³/mol. The topological polar surface area (TPSA) is 79.5 Å². The summed E-state index contributed by atoms with van der Waals surface area (Å²) in [6.07, 6.45) is 0. The quantitative estimate of drug-likeness (QED) is 0.681. The molecule has 2 aromatic rings. The third-order valence-electron chi connectivity index (χ3n) is 3.50. The number of nitrogens with one attached hydrogen (secondary N) is 3. The van der Waals surface area contributed by atoms with Crippen molar-refractivity contribution in [3.05, 3.63) is 60.2 Å². The van der Waals surface area contributed by atoms with Crippen LogP contribution in [0.15, 0.2) is 54.6 Å². The zero-order valence-electron chi connectivity index (χ0n) is 15.1. The van der Waals surface area contributed by atoms with Gasteiger partial charge in [0.15, 0.2) is 0 Å². The van der Waals surface area contributed by atoms with E-state index in [1.165, 1.54) is 0 Å². The molecule has 0 atom stereocenters. The summed E-state index contributed by atoms with van der Waals surface area (Å²) in [5.74, 6) is 1.57. The summed E-state index contributed by atoms with van der Waals surface area (Å²) < 4.78 is 5.86. The van der Waals surface area contributed by atoms with E-state index in [1.807, 2.05) is 68.4 Å². The Morgan fingerprint density at radius 2 is 1.62 bits per heavy atom. The second-order valence-electron chi connectivity index (χ2n) is 6.26. The van der Waals surface area contributed by atoms with Gasteiger partial charge in [-0.25, -0.2) is 4.79 Å². The monoisotopic (exact) mass is 355 g/mol. The molecule has 0 aliphatic rings. The molecule has 2 aromatic carbocycles. The number of carbonyl (C=O) groups excluding carboxylic acids is 2. The molecule has 6 heteroatoms. The van der Waals surface area contributed by atoms with E-state index in [0.717, 1.165) is 11.3 Å². The highest BCUT2D eigenvalue weighted by Gasteiger charge is 2.08. The highest BCUT2D eigenvalue weighted by Crippen LogP contribution is 2.24. The van der Waals surface area contributed by atoms with Crippen molar-refractivity contribution < 1.29 is 14.3 Å². The van der Waals surface area contributed by atoms with E-state index < -0.39 is 6.03 Å². The highest BCUT2D eigenvalue weighted by atomic mass is 16.5. The van der Waals surface area contributed by atoms with Crippen LogP contribution < -0.4 is 20.7 Å². The van der Waals surface area contributed by atoms with Crippen LogP contribution in [-0.4, -0.2) is 25.0 Å². The minimum absolute atomic E-state index is 0.0548. The van der Waals surface area contributed by atoms with Crippen molar-refractivity contribution in [2.75, 3.05) is 13.1 Å². The van der Waals surface area contributed by atoms with Gasteiger partial charge in [-0.2, -0.15) is 0 Å². The third kappa shape index (κ3) is 6.84. The molecule has 0 aliphatic carbocycles. The first kappa shape index (κ1) is 19.3. The van der Waals surface area contributed by atoms with Crippen molar-refractivity contribution in [3.63, 3.8) is 0 Å². The highest BCUT2D eigenvalue weighted by molar-refractivity contribution is 5.83. The van der Waals surface area contributed by atoms with Gasteiger partial charge in [-0.1, -0.05) is 50.2 Å². The lowest BCUT2D eigenvalue weighted by Gasteiger charge is -2.13. The summed E-state index contributed by atoms with van der Waals surface area (Å²) in [6.45, 7) is 4.85. The summed E-state index contributed by atoms with van der Waals surface area (Å²) in [5.41, 5.74) is 0.843. The summed E-state index contributed by atoms with van der Waals surface area (Å²) in [6, 6.07) is 16.5. The second kappa shape index (κ2) is 10.1. The molecule has 0 spiro atoms. The van der Waals surface area contributed by atoms with E-state index in [1.54, 1.807) is 0 Å². The van der Waals surface area contributed by atoms with Gasteiger partial charge in [0.2, 0.25) is 5.91 Å². The number of amides is 3. The van der Waals surface area contributed by atoms with Crippen molar-refractivity contribution in [1.29, 1.82) is 0 Å². The molecule has 0 fully saturated rings. The summed E-state index contributed by atoms with van der Waals surface area (Å²) in [7, 11) is 0. The second-order valence-corrected chi connectivity index (χ2v) is 6.26. The predicted octanol–water partition coefficient (Wildman–Crippen LogP) is 3.05. The fourth-order valence-electron chi connectivity index (χ4n) is 2.14. The molecule has 26 heavy (non-hydrogen) atoms. The van der Waals surface area contributed by atoms with Crippen molar-refractivity contribution in [2.45, 2.75) is 20.4 Å². The average Bonchev–Trinajstić information content (AvgIpc) is 2.64. The number of hydrogen-bond donors (Lipinski definition) is 3. The van der Waals surface area contributed by atoms with Crippen molar-refractivity contribution >= 4 is 11.9 Å². The molecule has 0 unspecified atom stereocenters. The Balaban J connectivity index is 1.82. The molecule has 3 N–H and O–H groups in total. The number of para-hydroxylation sites is 2. The summed E-state index contributed by atoms with van der Waals surface area (Å²) in [4.78, 5) is 23.5. The minimum atomic E-state index is -0.404. The number of benzene rings is 2. The maximum Gasteiger partial charge on any atom is 0.315 e. The Morgan fingerprint density at radius 3 is 2.35 bits per heavy atom. The van der Waals surface area contributed by atoms with Gasteiger partial charge in [0.1, 0.15) is 11.5 Å². The number of hydrogen-bond acceptors (Lipinski definition) is 3. The molecule has 0 saturated heterocycles. The zero-order chi connectivity index (χ0) is 18.8. The molecule has 0 bridgehead atoms. The number of carbonyl (C=O) groups is 2. The van der Waals surface area contributed by atoms with E-state index in [2.05, 4.69) is 16.0 Å². The molecule has 2 rings (SSSR count). The van der Waals surface area contributed by atoms with Crippen molar-refractivity contribution in [3.8, 4) is 11.5 Å². The van der Waals surface area contributed by atoms with E-state index in [9.17, 15) is 9.59 Å². The molecule has 0 radical (unpaired) electrons. The fraction of sp³-hybridized carbons (Fsp3) is 0.300. The molecule has 0 aliphatic heterocycles. The van der Waals surface area contributed by atoms with Crippen molar-refractivity contribution in [2.24, 2.45) is 5.92 Å². The lowest BCUT2D eigenvalue weighted by molar-refractivity contribution is -0.120. The van der Waals surface area contributed by atoms with Crippen LogP contribution in [0.3, 0.4) is 0 Å². The third-order valence-corrected chi connectivity index (χ3v) is 3.50. The van der Waals surface area contributed by atoms with Gasteiger partial charge in [-0.15, -0.1) is 0 Å². The Hall–Kier alpha value is -3.02. The van der Waals surface area contributed by atoms with Gasteiger partial charge in [-0.05, 0) is 24.1 Å². The lowest BCUT2D eigenvalue weighted by atomic mass is 10.2. The molecule has 0 heterocycles. The van der Waals surface area contributed by atoms with Crippen LogP contribution in [0.2, 0.25) is 0 Å². The first-order chi connectivity index (χ1) is 12.5. The number of ether oxygens (including phenoxy) is 1. The van der Waals surface area contributed by atoms with E-state index in [0.29, 0.717) is 24.8 Å². The molecule has 0 aromatic heterocycles. The van der Waals surface area contributed by atoms with Crippen LogP contribution in [0.1, 0.15) is 19.4 Å². The Labute approximate surface area is 153 Å². The van der Waals surface area contributed by atoms with Gasteiger partial charge in [0.05, 0.1) is 6.54 Å². The molecular formula is C20H25N3O3. The maximum atomic E-state index is 11.9. The fourth-order valence-corrected chi connectivity index (χ4v) is 2.14. The van der Waals surface area contributed by atoms with Crippen LogP contribution in [0.4, 0.5) is 4.79 Å². The summed E-state index contributed by atoms with van der Waals surface area (Å²) in [5, 5.41) is 8.02. The first-order valence-corrected chi connectivity index (χ1v) is 8.64. The van der Waals surface area contributed by atoms with Crippen LogP contribution in [-0.2, 0) is 11.3 Å². The molecule has 138 valence electrons. The van der Waals surface area contributed by atoms with Gasteiger partial charge in [-0.3, -0.25) is 4.79 Å². The van der Waals surface area contributed by atoms with Crippen LogP contribution in [0, 0.1) is 5.92 Å². The molecule has 3 amide bonds. The van der Waals surface area contributed by atoms with Crippen LogP contribution in [0.25, 0.3) is 0 Å². The molecule has 6 nitrogen and oxygen atoms in total. The Kier molecular flexibility index (Phi) is 7.49. The van der Waals surface area contributed by atoms with E-state index in [4.69, 9.17) is 4.74 Å². The SMILES string of the molecule is CC(C)CNC(=O)CNC(=O)NCc1ccccc1Oc1ccccc1. The van der Waals surface area contributed by atoms with Gasteiger partial charge in [0.25, 0.3) is 0 Å². The number of urea groups is 1.